The molecule has 0 aromatic rings. The van der Waals surface area contributed by atoms with Crippen molar-refractivity contribution < 1.29 is 14.3 Å². The monoisotopic (exact) mass is 116 g/mol. The number of hydrogen-bond acceptors (Lipinski definition) is 3. The molecule has 1 aliphatic heterocycles. The Kier molecular flexibility index (Phi) is 1.48. The summed E-state index contributed by atoms with van der Waals surface area (Å²) in [6.07, 6.45) is 0.427. The maximum Gasteiger partial charge on any atom is 0.310 e. The first-order chi connectivity index (χ1) is 3.79. The molecule has 1 unspecified atom stereocenters. The lowest BCUT2D eigenvalue weighted by Crippen LogP contribution is -2.24. The zero-order chi connectivity index (χ0) is 5.98. The molecule has 1 saturated heterocycles. The van der Waals surface area contributed by atoms with Crippen molar-refractivity contribution in [2.45, 2.75) is 19.4 Å². The second-order valence-electron chi connectivity index (χ2n) is 1.82. The van der Waals surface area contributed by atoms with Crippen LogP contribution >= 0.6 is 0 Å². The van der Waals surface area contributed by atoms with Crippen LogP contribution in [0.5, 0.6) is 0 Å². The molecule has 0 aromatic carbocycles. The van der Waals surface area contributed by atoms with Crippen LogP contribution in [0.1, 0.15) is 13.3 Å². The third-order valence-electron chi connectivity index (χ3n) is 1.03. The van der Waals surface area contributed by atoms with Crippen molar-refractivity contribution >= 4 is 5.97 Å². The molecule has 8 heavy (non-hydrogen) atoms. The van der Waals surface area contributed by atoms with Crippen LogP contribution in [0.2, 0.25) is 0 Å². The van der Waals surface area contributed by atoms with Crippen molar-refractivity contribution in [3.8, 4) is 0 Å². The third kappa shape index (κ3) is 1.20. The van der Waals surface area contributed by atoms with Gasteiger partial charge in [-0.15, -0.1) is 0 Å². The highest BCUT2D eigenvalue weighted by Crippen LogP contribution is 2.04. The Balaban J connectivity index is 2.34. The maximum absolute atomic E-state index is 10.4. The van der Waals surface area contributed by atoms with Gasteiger partial charge in [0.1, 0.15) is 0 Å². The van der Waals surface area contributed by atoms with Gasteiger partial charge in [0, 0.05) is 0 Å². The van der Waals surface area contributed by atoms with Gasteiger partial charge in [0.15, 0.2) is 6.79 Å². The molecule has 0 N–H and O–H groups in total. The van der Waals surface area contributed by atoms with Gasteiger partial charge < -0.3 is 9.47 Å². The van der Waals surface area contributed by atoms with E-state index in [1.807, 2.05) is 6.92 Å². The van der Waals surface area contributed by atoms with Gasteiger partial charge in [-0.1, -0.05) is 0 Å². The Morgan fingerprint density at radius 2 is 2.50 bits per heavy atom. The van der Waals surface area contributed by atoms with Gasteiger partial charge in [-0.2, -0.15) is 0 Å². The number of cyclic esters (lactones) is 1. The van der Waals surface area contributed by atoms with Crippen molar-refractivity contribution in [3.05, 3.63) is 0 Å². The van der Waals surface area contributed by atoms with Gasteiger partial charge in [0.25, 0.3) is 0 Å². The van der Waals surface area contributed by atoms with E-state index >= 15 is 0 Å². The molecule has 0 spiro atoms. The van der Waals surface area contributed by atoms with E-state index in [4.69, 9.17) is 4.74 Å². The van der Waals surface area contributed by atoms with Crippen LogP contribution in [0.3, 0.4) is 0 Å². The van der Waals surface area contributed by atoms with Gasteiger partial charge in [-0.05, 0) is 6.92 Å². The molecule has 1 fully saturated rings. The van der Waals surface area contributed by atoms with Crippen LogP contribution in [0.15, 0.2) is 0 Å². The number of ether oxygens (including phenoxy) is 2. The number of esters is 1. The highest BCUT2D eigenvalue weighted by Gasteiger charge is 2.15. The van der Waals surface area contributed by atoms with E-state index < -0.39 is 0 Å². The fraction of sp³-hybridized carbons (Fsp3) is 0.800. The molecular formula is C5H8O3. The lowest BCUT2D eigenvalue weighted by molar-refractivity contribution is -0.178. The maximum atomic E-state index is 10.4. The average Bonchev–Trinajstić information content (AvgIpc) is 1.64. The molecule has 1 atom stereocenters. The van der Waals surface area contributed by atoms with Gasteiger partial charge in [0.05, 0.1) is 12.5 Å². The molecule has 0 saturated carbocycles. The number of rotatable bonds is 0. The van der Waals surface area contributed by atoms with Crippen molar-refractivity contribution in [1.82, 2.24) is 0 Å². The molecule has 0 bridgehead atoms. The minimum atomic E-state index is -0.163. The zero-order valence-corrected chi connectivity index (χ0v) is 4.72. The Morgan fingerprint density at radius 1 is 1.75 bits per heavy atom. The molecule has 46 valence electrons. The molecule has 1 aliphatic rings. The summed E-state index contributed by atoms with van der Waals surface area (Å²) in [4.78, 5) is 10.4. The van der Waals surface area contributed by atoms with Crippen molar-refractivity contribution in [1.29, 1.82) is 0 Å². The average molecular weight is 116 g/mol. The molecule has 0 aromatic heterocycles. The smallest absolute Gasteiger partial charge is 0.310 e. The molecule has 3 heteroatoms. The molecule has 0 amide bonds. The van der Waals surface area contributed by atoms with Crippen LogP contribution in [0.25, 0.3) is 0 Å². The Labute approximate surface area is 47.6 Å². The first-order valence-electron chi connectivity index (χ1n) is 2.56. The van der Waals surface area contributed by atoms with Crippen LogP contribution < -0.4 is 0 Å². The highest BCUT2D eigenvalue weighted by molar-refractivity contribution is 5.70. The minimum Gasteiger partial charge on any atom is -0.438 e. The molecule has 1 rings (SSSR count). The van der Waals surface area contributed by atoms with Crippen LogP contribution in [-0.4, -0.2) is 18.9 Å². The normalized spacial score (nSPS) is 29.6. The fourth-order valence-electron chi connectivity index (χ4n) is 0.568. The molecular weight excluding hydrogens is 108 g/mol. The van der Waals surface area contributed by atoms with E-state index in [1.165, 1.54) is 0 Å². The minimum absolute atomic E-state index is 0.0382. The second kappa shape index (κ2) is 2.13. The summed E-state index contributed by atoms with van der Waals surface area (Å²) in [5, 5.41) is 0. The predicted octanol–water partition coefficient (Wildman–Crippen LogP) is 0.296. The SMILES string of the molecule is CC1CC(=O)OCO1. The van der Waals surface area contributed by atoms with E-state index in [2.05, 4.69) is 4.74 Å². The molecule has 1 heterocycles. The van der Waals surface area contributed by atoms with Gasteiger partial charge in [-0.25, -0.2) is 0 Å². The quantitative estimate of drug-likeness (QED) is 0.427. The van der Waals surface area contributed by atoms with Crippen molar-refractivity contribution in [2.75, 3.05) is 6.79 Å². The van der Waals surface area contributed by atoms with Crippen LogP contribution in [0.4, 0.5) is 0 Å². The van der Waals surface area contributed by atoms with E-state index in [9.17, 15) is 4.79 Å². The second-order valence-corrected chi connectivity index (χ2v) is 1.82. The lowest BCUT2D eigenvalue weighted by atomic mass is 10.3. The Morgan fingerprint density at radius 3 is 2.88 bits per heavy atom. The first kappa shape index (κ1) is 5.56. The molecule has 0 aliphatic carbocycles. The number of carbonyl (C=O) groups is 1. The zero-order valence-electron chi connectivity index (χ0n) is 4.72. The summed E-state index contributed by atoms with van der Waals surface area (Å²) < 4.78 is 9.39. The number of carbonyl (C=O) groups excluding carboxylic acids is 1. The summed E-state index contributed by atoms with van der Waals surface area (Å²) in [5.41, 5.74) is 0. The van der Waals surface area contributed by atoms with Crippen LogP contribution in [-0.2, 0) is 14.3 Å². The van der Waals surface area contributed by atoms with Gasteiger partial charge in [0.2, 0.25) is 0 Å². The van der Waals surface area contributed by atoms with Crippen molar-refractivity contribution in [2.24, 2.45) is 0 Å². The highest BCUT2D eigenvalue weighted by atomic mass is 16.7. The Hall–Kier alpha value is -0.570. The predicted molar refractivity (Wildman–Crippen MR) is 26.1 cm³/mol. The standard InChI is InChI=1S/C5H8O3/c1-4-2-5(6)8-3-7-4/h4H,2-3H2,1H3. The van der Waals surface area contributed by atoms with E-state index in [0.29, 0.717) is 6.42 Å². The van der Waals surface area contributed by atoms with E-state index in [1.54, 1.807) is 0 Å². The topological polar surface area (TPSA) is 35.5 Å². The summed E-state index contributed by atoms with van der Waals surface area (Å²) in [7, 11) is 0. The van der Waals surface area contributed by atoms with E-state index in [0.717, 1.165) is 0 Å². The summed E-state index contributed by atoms with van der Waals surface area (Å²) in [6, 6.07) is 0. The fourth-order valence-corrected chi connectivity index (χ4v) is 0.568. The summed E-state index contributed by atoms with van der Waals surface area (Å²) in [5.74, 6) is -0.163. The van der Waals surface area contributed by atoms with Crippen LogP contribution in [0, 0.1) is 0 Å². The molecule has 3 nitrogen and oxygen atoms in total. The summed E-state index contributed by atoms with van der Waals surface area (Å²) in [6.45, 7) is 1.97. The van der Waals surface area contributed by atoms with Gasteiger partial charge in [-0.3, -0.25) is 4.79 Å². The Bertz CT molecular complexity index is 99.8. The lowest BCUT2D eigenvalue weighted by Gasteiger charge is -2.17. The third-order valence-corrected chi connectivity index (χ3v) is 1.03. The summed E-state index contributed by atoms with van der Waals surface area (Å²) >= 11 is 0. The largest absolute Gasteiger partial charge is 0.438 e. The van der Waals surface area contributed by atoms with Gasteiger partial charge >= 0.3 is 5.97 Å². The van der Waals surface area contributed by atoms with Crippen molar-refractivity contribution in [3.63, 3.8) is 0 Å². The first-order valence-corrected chi connectivity index (χ1v) is 2.56. The molecule has 0 radical (unpaired) electrons. The number of hydrogen-bond donors (Lipinski definition) is 0. The van der Waals surface area contributed by atoms with E-state index in [-0.39, 0.29) is 18.9 Å².